The molecule has 0 bridgehead atoms. The summed E-state index contributed by atoms with van der Waals surface area (Å²) in [5.41, 5.74) is 1.16. The molecule has 0 amide bonds. The average Bonchev–Trinajstić information content (AvgIpc) is 1.67. The second-order valence-electron chi connectivity index (χ2n) is 1.57. The first kappa shape index (κ1) is 11.0. The highest BCUT2D eigenvalue weighted by Gasteiger charge is 1.68. The van der Waals surface area contributed by atoms with Crippen molar-refractivity contribution in [3.8, 4) is 0 Å². The maximum Gasteiger partial charge on any atom is 0.290 e. The van der Waals surface area contributed by atoms with E-state index in [1.165, 1.54) is 0 Å². The quantitative estimate of drug-likeness (QED) is 0.406. The lowest BCUT2D eigenvalue weighted by Gasteiger charge is -1.80. The van der Waals surface area contributed by atoms with E-state index in [4.69, 9.17) is 15.0 Å². The summed E-state index contributed by atoms with van der Waals surface area (Å²) in [5, 5.41) is 15.0. The Balaban J connectivity index is 0. The summed E-state index contributed by atoms with van der Waals surface area (Å²) in [7, 11) is 0. The van der Waals surface area contributed by atoms with E-state index < -0.39 is 0 Å². The van der Waals surface area contributed by atoms with E-state index in [9.17, 15) is 0 Å². The number of carboxylic acid groups (broad SMARTS) is 1. The van der Waals surface area contributed by atoms with Gasteiger partial charge in [-0.15, -0.1) is 0 Å². The molecule has 3 heteroatoms. The molecule has 0 atom stereocenters. The van der Waals surface area contributed by atoms with Crippen LogP contribution < -0.4 is 0 Å². The SMILES string of the molecule is CC(C)=CCO.O=CO. The molecular weight excluding hydrogens is 120 g/mol. The molecule has 0 aromatic heterocycles. The van der Waals surface area contributed by atoms with Gasteiger partial charge in [-0.3, -0.25) is 4.79 Å². The van der Waals surface area contributed by atoms with Crippen LogP contribution in [0.4, 0.5) is 0 Å². The number of aliphatic hydroxyl groups excluding tert-OH is 1. The zero-order valence-electron chi connectivity index (χ0n) is 5.66. The molecule has 0 saturated heterocycles. The van der Waals surface area contributed by atoms with Crippen molar-refractivity contribution in [1.29, 1.82) is 0 Å². The predicted molar refractivity (Wildman–Crippen MR) is 35.2 cm³/mol. The van der Waals surface area contributed by atoms with E-state index in [1.807, 2.05) is 13.8 Å². The molecule has 2 N–H and O–H groups in total. The fourth-order valence-corrected chi connectivity index (χ4v) is 0.183. The van der Waals surface area contributed by atoms with Gasteiger partial charge >= 0.3 is 0 Å². The summed E-state index contributed by atoms with van der Waals surface area (Å²) in [5.74, 6) is 0. The molecule has 54 valence electrons. The van der Waals surface area contributed by atoms with Crippen molar-refractivity contribution in [2.24, 2.45) is 0 Å². The van der Waals surface area contributed by atoms with Crippen molar-refractivity contribution in [2.75, 3.05) is 6.61 Å². The number of hydrogen-bond acceptors (Lipinski definition) is 2. The molecule has 0 radical (unpaired) electrons. The first-order valence-corrected chi connectivity index (χ1v) is 2.51. The van der Waals surface area contributed by atoms with E-state index in [0.717, 1.165) is 5.57 Å². The molecule has 0 aliphatic rings. The molecule has 0 heterocycles. The van der Waals surface area contributed by atoms with Gasteiger partial charge in [0.1, 0.15) is 0 Å². The third kappa shape index (κ3) is 40.7. The highest BCUT2D eigenvalue weighted by Crippen LogP contribution is 1.83. The maximum absolute atomic E-state index is 8.36. The van der Waals surface area contributed by atoms with Crippen LogP contribution in [0, 0.1) is 0 Å². The van der Waals surface area contributed by atoms with Crippen molar-refractivity contribution in [1.82, 2.24) is 0 Å². The molecule has 0 aromatic rings. The number of carbonyl (C=O) groups is 1. The van der Waals surface area contributed by atoms with E-state index in [-0.39, 0.29) is 13.1 Å². The van der Waals surface area contributed by atoms with E-state index in [0.29, 0.717) is 0 Å². The fourth-order valence-electron chi connectivity index (χ4n) is 0.183. The lowest BCUT2D eigenvalue weighted by atomic mass is 10.3. The van der Waals surface area contributed by atoms with Crippen molar-refractivity contribution in [2.45, 2.75) is 13.8 Å². The van der Waals surface area contributed by atoms with Gasteiger partial charge in [0.15, 0.2) is 0 Å². The first-order valence-electron chi connectivity index (χ1n) is 2.51. The van der Waals surface area contributed by atoms with Crippen LogP contribution in [-0.4, -0.2) is 23.3 Å². The largest absolute Gasteiger partial charge is 0.483 e. The molecule has 0 unspecified atom stereocenters. The molecule has 0 saturated carbocycles. The molecule has 0 spiro atoms. The van der Waals surface area contributed by atoms with E-state index in [2.05, 4.69) is 0 Å². The van der Waals surface area contributed by atoms with Gasteiger partial charge in [-0.25, -0.2) is 0 Å². The Labute approximate surface area is 54.6 Å². The lowest BCUT2D eigenvalue weighted by Crippen LogP contribution is -1.71. The summed E-state index contributed by atoms with van der Waals surface area (Å²) in [4.78, 5) is 8.36. The molecular formula is C6H12O3. The van der Waals surface area contributed by atoms with Gasteiger partial charge in [0.2, 0.25) is 0 Å². The van der Waals surface area contributed by atoms with Gasteiger partial charge in [-0.1, -0.05) is 11.6 Å². The second kappa shape index (κ2) is 10.2. The molecule has 0 aliphatic heterocycles. The van der Waals surface area contributed by atoms with Crippen LogP contribution in [0.3, 0.4) is 0 Å². The number of rotatable bonds is 1. The van der Waals surface area contributed by atoms with Crippen LogP contribution in [0.2, 0.25) is 0 Å². The minimum Gasteiger partial charge on any atom is -0.483 e. The smallest absolute Gasteiger partial charge is 0.290 e. The van der Waals surface area contributed by atoms with Crippen LogP contribution >= 0.6 is 0 Å². The Bertz CT molecular complexity index is 82.3. The summed E-state index contributed by atoms with van der Waals surface area (Å²) >= 11 is 0. The molecule has 0 aromatic carbocycles. The van der Waals surface area contributed by atoms with Gasteiger partial charge in [-0.2, -0.15) is 0 Å². The summed E-state index contributed by atoms with van der Waals surface area (Å²) < 4.78 is 0. The van der Waals surface area contributed by atoms with Crippen LogP contribution in [0.25, 0.3) is 0 Å². The average molecular weight is 132 g/mol. The standard InChI is InChI=1S/C5H10O.CH2O2/c1-5(2)3-4-6;2-1-3/h3,6H,4H2,1-2H3;1H,(H,2,3). The summed E-state index contributed by atoms with van der Waals surface area (Å²) in [6, 6.07) is 0. The molecule has 3 nitrogen and oxygen atoms in total. The van der Waals surface area contributed by atoms with Crippen LogP contribution in [-0.2, 0) is 4.79 Å². The molecule has 0 fully saturated rings. The minimum absolute atomic E-state index is 0.169. The number of hydrogen-bond donors (Lipinski definition) is 2. The van der Waals surface area contributed by atoms with Crippen LogP contribution in [0.5, 0.6) is 0 Å². The third-order valence-electron chi connectivity index (χ3n) is 0.500. The molecule has 0 aliphatic carbocycles. The Kier molecular flexibility index (Phi) is 12.5. The molecule has 0 rings (SSSR count). The Morgan fingerprint density at radius 2 is 1.89 bits per heavy atom. The van der Waals surface area contributed by atoms with Crippen LogP contribution in [0.15, 0.2) is 11.6 Å². The Morgan fingerprint density at radius 1 is 1.56 bits per heavy atom. The minimum atomic E-state index is -0.250. The van der Waals surface area contributed by atoms with Crippen molar-refractivity contribution < 1.29 is 15.0 Å². The predicted octanol–water partition coefficient (Wildman–Crippen LogP) is 0.646. The van der Waals surface area contributed by atoms with Crippen LogP contribution in [0.1, 0.15) is 13.8 Å². The highest BCUT2D eigenvalue weighted by atomic mass is 16.3. The van der Waals surface area contributed by atoms with Gasteiger partial charge < -0.3 is 10.2 Å². The normalized spacial score (nSPS) is 6.56. The summed E-state index contributed by atoms with van der Waals surface area (Å²) in [6.45, 7) is 3.83. The van der Waals surface area contributed by atoms with Crippen molar-refractivity contribution >= 4 is 6.47 Å². The summed E-state index contributed by atoms with van der Waals surface area (Å²) in [6.07, 6.45) is 1.76. The van der Waals surface area contributed by atoms with E-state index in [1.54, 1.807) is 6.08 Å². The van der Waals surface area contributed by atoms with Gasteiger partial charge in [0.25, 0.3) is 6.47 Å². The topological polar surface area (TPSA) is 57.5 Å². The van der Waals surface area contributed by atoms with Gasteiger partial charge in [-0.05, 0) is 13.8 Å². The zero-order valence-corrected chi connectivity index (χ0v) is 5.66. The Morgan fingerprint density at radius 3 is 1.89 bits per heavy atom. The molecule has 9 heavy (non-hydrogen) atoms. The second-order valence-corrected chi connectivity index (χ2v) is 1.57. The third-order valence-corrected chi connectivity index (χ3v) is 0.500. The van der Waals surface area contributed by atoms with Gasteiger partial charge in [0, 0.05) is 0 Å². The number of aliphatic hydroxyl groups is 1. The maximum atomic E-state index is 8.36. The zero-order chi connectivity index (χ0) is 7.70. The number of allylic oxidation sites excluding steroid dienone is 1. The van der Waals surface area contributed by atoms with Gasteiger partial charge in [0.05, 0.1) is 6.61 Å². The Hall–Kier alpha value is -0.830. The monoisotopic (exact) mass is 132 g/mol. The van der Waals surface area contributed by atoms with Crippen molar-refractivity contribution in [3.63, 3.8) is 0 Å². The highest BCUT2D eigenvalue weighted by molar-refractivity contribution is 5.32. The van der Waals surface area contributed by atoms with Crippen molar-refractivity contribution in [3.05, 3.63) is 11.6 Å². The first-order chi connectivity index (χ1) is 4.18. The van der Waals surface area contributed by atoms with E-state index >= 15 is 0 Å². The lowest BCUT2D eigenvalue weighted by molar-refractivity contribution is -0.122. The fraction of sp³-hybridized carbons (Fsp3) is 0.500.